The molecule has 0 bridgehead atoms. The van der Waals surface area contributed by atoms with Crippen LogP contribution in [0.1, 0.15) is 21.5 Å². The van der Waals surface area contributed by atoms with Crippen LogP contribution in [0.4, 0.5) is 5.69 Å². The lowest BCUT2D eigenvalue weighted by atomic mass is 10.1. The molecule has 2 N–H and O–H groups in total. The van der Waals surface area contributed by atoms with Crippen LogP contribution in [0.25, 0.3) is 0 Å². The molecule has 0 aromatic heterocycles. The van der Waals surface area contributed by atoms with E-state index in [0.717, 1.165) is 11.1 Å². The van der Waals surface area contributed by atoms with E-state index in [1.807, 2.05) is 6.92 Å². The normalized spacial score (nSPS) is 10.7. The highest BCUT2D eigenvalue weighted by Crippen LogP contribution is 2.23. The minimum absolute atomic E-state index is 0.217. The monoisotopic (exact) mass is 455 g/mol. The van der Waals surface area contributed by atoms with E-state index in [1.54, 1.807) is 66.7 Å². The van der Waals surface area contributed by atoms with Gasteiger partial charge in [0.25, 0.3) is 11.8 Å². The number of ether oxygens (including phenoxy) is 1. The molecule has 0 atom stereocenters. The zero-order valence-corrected chi connectivity index (χ0v) is 18.1. The Hall–Kier alpha value is -3.35. The van der Waals surface area contributed by atoms with Crippen LogP contribution in [0, 0.1) is 6.92 Å². The molecule has 3 aromatic rings. The summed E-state index contributed by atoms with van der Waals surface area (Å²) in [5, 5.41) is 7.89. The second-order valence-electron chi connectivity index (χ2n) is 6.52. The van der Waals surface area contributed by atoms with E-state index in [4.69, 9.17) is 27.9 Å². The average molecular weight is 456 g/mol. The van der Waals surface area contributed by atoms with Crippen molar-refractivity contribution in [1.82, 2.24) is 5.43 Å². The van der Waals surface area contributed by atoms with Gasteiger partial charge in [0.15, 0.2) is 6.61 Å². The van der Waals surface area contributed by atoms with Gasteiger partial charge in [-0.05, 0) is 66.6 Å². The maximum Gasteiger partial charge on any atom is 0.277 e. The molecule has 8 heteroatoms. The molecular weight excluding hydrogens is 437 g/mol. The van der Waals surface area contributed by atoms with Crippen molar-refractivity contribution in [3.63, 3.8) is 0 Å². The van der Waals surface area contributed by atoms with Gasteiger partial charge in [0.2, 0.25) is 0 Å². The van der Waals surface area contributed by atoms with E-state index >= 15 is 0 Å². The number of hydrazone groups is 1. The number of rotatable bonds is 7. The molecule has 31 heavy (non-hydrogen) atoms. The molecule has 0 saturated heterocycles. The summed E-state index contributed by atoms with van der Waals surface area (Å²) in [5.41, 5.74) is 5.07. The first-order valence-electron chi connectivity index (χ1n) is 9.29. The zero-order chi connectivity index (χ0) is 22.2. The van der Waals surface area contributed by atoms with Crippen molar-refractivity contribution in [3.8, 4) is 5.75 Å². The number of amides is 2. The summed E-state index contributed by atoms with van der Waals surface area (Å²) >= 11 is 11.9. The van der Waals surface area contributed by atoms with E-state index in [2.05, 4.69) is 15.8 Å². The average Bonchev–Trinajstić information content (AvgIpc) is 2.77. The van der Waals surface area contributed by atoms with Crippen molar-refractivity contribution in [1.29, 1.82) is 0 Å². The standard InChI is InChI=1S/C23H19Cl2N3O3/c1-15-20(25)3-2-4-21(15)27-23(30)17-7-11-19(12-8-17)31-14-22(29)28-26-13-16-5-9-18(24)10-6-16/h2-13H,14H2,1H3,(H,27,30)(H,28,29)/b26-13+. The van der Waals surface area contributed by atoms with Gasteiger partial charge in [-0.25, -0.2) is 5.43 Å². The minimum Gasteiger partial charge on any atom is -0.484 e. The third-order valence-corrected chi connectivity index (χ3v) is 4.94. The molecule has 2 amide bonds. The van der Waals surface area contributed by atoms with Gasteiger partial charge in [-0.1, -0.05) is 41.4 Å². The summed E-state index contributed by atoms with van der Waals surface area (Å²) in [6.45, 7) is 1.62. The first-order chi connectivity index (χ1) is 14.9. The van der Waals surface area contributed by atoms with Crippen molar-refractivity contribution in [2.75, 3.05) is 11.9 Å². The van der Waals surface area contributed by atoms with E-state index in [-0.39, 0.29) is 12.5 Å². The number of nitrogens with one attached hydrogen (secondary N) is 2. The van der Waals surface area contributed by atoms with Gasteiger partial charge in [-0.15, -0.1) is 0 Å². The number of carbonyl (C=O) groups is 2. The van der Waals surface area contributed by atoms with Crippen LogP contribution in [0.5, 0.6) is 5.75 Å². The number of hydrogen-bond acceptors (Lipinski definition) is 4. The van der Waals surface area contributed by atoms with Gasteiger partial charge >= 0.3 is 0 Å². The topological polar surface area (TPSA) is 79.8 Å². The predicted molar refractivity (Wildman–Crippen MR) is 123 cm³/mol. The summed E-state index contributed by atoms with van der Waals surface area (Å²) < 4.78 is 5.42. The van der Waals surface area contributed by atoms with Gasteiger partial charge in [-0.2, -0.15) is 5.10 Å². The van der Waals surface area contributed by atoms with E-state index < -0.39 is 5.91 Å². The van der Waals surface area contributed by atoms with Crippen molar-refractivity contribution >= 4 is 46.9 Å². The van der Waals surface area contributed by atoms with Crippen molar-refractivity contribution in [2.24, 2.45) is 5.10 Å². The van der Waals surface area contributed by atoms with Crippen molar-refractivity contribution < 1.29 is 14.3 Å². The Bertz CT molecular complexity index is 1100. The van der Waals surface area contributed by atoms with Gasteiger partial charge in [0.1, 0.15) is 5.75 Å². The first-order valence-corrected chi connectivity index (χ1v) is 10.0. The molecule has 6 nitrogen and oxygen atoms in total. The van der Waals surface area contributed by atoms with Crippen molar-refractivity contribution in [2.45, 2.75) is 6.92 Å². The van der Waals surface area contributed by atoms with E-state index in [1.165, 1.54) is 6.21 Å². The van der Waals surface area contributed by atoms with Gasteiger partial charge in [-0.3, -0.25) is 9.59 Å². The summed E-state index contributed by atoms with van der Waals surface area (Å²) in [4.78, 5) is 24.3. The fourth-order valence-corrected chi connectivity index (χ4v) is 2.85. The predicted octanol–water partition coefficient (Wildman–Crippen LogP) is 5.08. The van der Waals surface area contributed by atoms with Gasteiger partial charge in [0, 0.05) is 21.3 Å². The fourth-order valence-electron chi connectivity index (χ4n) is 2.55. The molecular formula is C23H19Cl2N3O3. The maximum atomic E-state index is 12.4. The first kappa shape index (κ1) is 22.3. The van der Waals surface area contributed by atoms with Crippen LogP contribution in [0.15, 0.2) is 71.8 Å². The lowest BCUT2D eigenvalue weighted by Crippen LogP contribution is -2.24. The number of carbonyl (C=O) groups excluding carboxylic acids is 2. The molecule has 0 saturated carbocycles. The van der Waals surface area contributed by atoms with E-state index in [9.17, 15) is 9.59 Å². The SMILES string of the molecule is Cc1c(Cl)cccc1NC(=O)c1ccc(OCC(=O)N/N=C/c2ccc(Cl)cc2)cc1. The molecule has 0 radical (unpaired) electrons. The van der Waals surface area contributed by atoms with Crippen LogP contribution in [0.2, 0.25) is 10.0 Å². The Morgan fingerprint density at radius 3 is 2.42 bits per heavy atom. The Kier molecular flexibility index (Phi) is 7.65. The van der Waals surface area contributed by atoms with Crippen LogP contribution in [-0.2, 0) is 4.79 Å². The number of halogens is 2. The second kappa shape index (κ2) is 10.6. The quantitative estimate of drug-likeness (QED) is 0.384. The fraction of sp³-hybridized carbons (Fsp3) is 0.0870. The molecule has 0 spiro atoms. The summed E-state index contributed by atoms with van der Waals surface area (Å²) in [6.07, 6.45) is 1.50. The second-order valence-corrected chi connectivity index (χ2v) is 7.37. The molecule has 0 fully saturated rings. The molecule has 3 rings (SSSR count). The summed E-state index contributed by atoms with van der Waals surface area (Å²) in [7, 11) is 0. The lowest BCUT2D eigenvalue weighted by Gasteiger charge is -2.10. The van der Waals surface area contributed by atoms with Gasteiger partial charge in [0.05, 0.1) is 6.21 Å². The number of nitrogens with zero attached hydrogens (tertiary/aromatic N) is 1. The molecule has 0 unspecified atom stereocenters. The van der Waals surface area contributed by atoms with Crippen LogP contribution < -0.4 is 15.5 Å². The lowest BCUT2D eigenvalue weighted by molar-refractivity contribution is -0.123. The highest BCUT2D eigenvalue weighted by molar-refractivity contribution is 6.32. The summed E-state index contributed by atoms with van der Waals surface area (Å²) in [5.74, 6) is -0.234. The smallest absolute Gasteiger partial charge is 0.277 e. The van der Waals surface area contributed by atoms with Crippen LogP contribution in [-0.4, -0.2) is 24.6 Å². The number of benzene rings is 3. The molecule has 158 valence electrons. The largest absolute Gasteiger partial charge is 0.484 e. The Morgan fingerprint density at radius 1 is 1.00 bits per heavy atom. The third-order valence-electron chi connectivity index (χ3n) is 4.28. The minimum atomic E-state index is -0.413. The number of anilines is 1. The van der Waals surface area contributed by atoms with Crippen LogP contribution >= 0.6 is 23.2 Å². The highest BCUT2D eigenvalue weighted by Gasteiger charge is 2.10. The zero-order valence-electron chi connectivity index (χ0n) is 16.6. The molecule has 3 aromatic carbocycles. The van der Waals surface area contributed by atoms with Gasteiger partial charge < -0.3 is 10.1 Å². The molecule has 0 aliphatic carbocycles. The van der Waals surface area contributed by atoms with Crippen LogP contribution in [0.3, 0.4) is 0 Å². The Morgan fingerprint density at radius 2 is 1.71 bits per heavy atom. The Balaban J connectivity index is 1.48. The third kappa shape index (κ3) is 6.57. The molecule has 0 heterocycles. The number of hydrogen-bond donors (Lipinski definition) is 2. The van der Waals surface area contributed by atoms with E-state index in [0.29, 0.717) is 27.0 Å². The Labute approximate surface area is 189 Å². The molecule has 0 aliphatic rings. The van der Waals surface area contributed by atoms with Crippen molar-refractivity contribution in [3.05, 3.63) is 93.5 Å². The molecule has 0 aliphatic heterocycles. The maximum absolute atomic E-state index is 12.4. The summed E-state index contributed by atoms with van der Waals surface area (Å²) in [6, 6.07) is 18.8. The highest BCUT2D eigenvalue weighted by atomic mass is 35.5.